The number of carbonyl (C=O) groups excluding carboxylic acids is 1. The lowest BCUT2D eigenvalue weighted by Crippen LogP contribution is -2.18. The largest absolute Gasteiger partial charge is 0.397 e. The first-order valence-corrected chi connectivity index (χ1v) is 6.35. The zero-order valence-corrected chi connectivity index (χ0v) is 11.8. The lowest BCUT2D eigenvalue weighted by Gasteiger charge is -2.10. The summed E-state index contributed by atoms with van der Waals surface area (Å²) in [5.74, 6) is 0.118. The molecule has 2 rings (SSSR count). The first kappa shape index (κ1) is 12.9. The van der Waals surface area contributed by atoms with Crippen LogP contribution in [0.4, 0.5) is 11.4 Å². The molecular weight excluding hydrogens is 224 g/mol. The SMILES string of the molecule is Cc1ccc(N)c(NC(=O)C2C(C)(C)C2(C)C)c1. The van der Waals surface area contributed by atoms with Crippen LogP contribution in [0.3, 0.4) is 0 Å². The van der Waals surface area contributed by atoms with Crippen molar-refractivity contribution in [3.8, 4) is 0 Å². The lowest BCUT2D eigenvalue weighted by atomic mass is 10.0. The van der Waals surface area contributed by atoms with Crippen LogP contribution in [0.25, 0.3) is 0 Å². The van der Waals surface area contributed by atoms with E-state index in [2.05, 4.69) is 33.0 Å². The van der Waals surface area contributed by atoms with Crippen LogP contribution in [-0.4, -0.2) is 5.91 Å². The van der Waals surface area contributed by atoms with E-state index in [0.29, 0.717) is 5.69 Å². The van der Waals surface area contributed by atoms with E-state index in [0.717, 1.165) is 11.3 Å². The zero-order valence-electron chi connectivity index (χ0n) is 11.8. The molecule has 0 aromatic heterocycles. The molecule has 1 aromatic carbocycles. The molecule has 0 bridgehead atoms. The van der Waals surface area contributed by atoms with Crippen LogP contribution in [0.5, 0.6) is 0 Å². The van der Waals surface area contributed by atoms with Gasteiger partial charge in [0.05, 0.1) is 11.4 Å². The van der Waals surface area contributed by atoms with E-state index < -0.39 is 0 Å². The van der Waals surface area contributed by atoms with Crippen molar-refractivity contribution in [2.24, 2.45) is 16.7 Å². The second-order valence-electron chi connectivity index (χ2n) is 6.46. The monoisotopic (exact) mass is 246 g/mol. The van der Waals surface area contributed by atoms with E-state index in [4.69, 9.17) is 5.73 Å². The van der Waals surface area contributed by atoms with Crippen LogP contribution >= 0.6 is 0 Å². The van der Waals surface area contributed by atoms with Crippen LogP contribution < -0.4 is 11.1 Å². The zero-order chi connectivity index (χ0) is 13.7. The van der Waals surface area contributed by atoms with Gasteiger partial charge in [0.15, 0.2) is 0 Å². The molecule has 1 fully saturated rings. The summed E-state index contributed by atoms with van der Waals surface area (Å²) in [5.41, 5.74) is 8.41. The second kappa shape index (κ2) is 3.74. The molecule has 0 unspecified atom stereocenters. The first-order valence-electron chi connectivity index (χ1n) is 6.35. The Labute approximate surface area is 109 Å². The predicted molar refractivity (Wildman–Crippen MR) is 75.3 cm³/mol. The molecule has 0 aliphatic heterocycles. The molecule has 3 N–H and O–H groups in total. The Bertz CT molecular complexity index is 489. The molecule has 1 aliphatic carbocycles. The lowest BCUT2D eigenvalue weighted by molar-refractivity contribution is -0.118. The molecule has 1 amide bonds. The quantitative estimate of drug-likeness (QED) is 0.787. The van der Waals surface area contributed by atoms with Crippen molar-refractivity contribution in [3.05, 3.63) is 23.8 Å². The van der Waals surface area contributed by atoms with Gasteiger partial charge in [-0.15, -0.1) is 0 Å². The van der Waals surface area contributed by atoms with Gasteiger partial charge in [0.1, 0.15) is 0 Å². The number of rotatable bonds is 2. The van der Waals surface area contributed by atoms with E-state index in [1.54, 1.807) is 0 Å². The van der Waals surface area contributed by atoms with Crippen LogP contribution in [0.2, 0.25) is 0 Å². The predicted octanol–water partition coefficient (Wildman–Crippen LogP) is 3.20. The molecule has 0 spiro atoms. The molecule has 18 heavy (non-hydrogen) atoms. The first-order chi connectivity index (χ1) is 8.18. The molecule has 3 nitrogen and oxygen atoms in total. The van der Waals surface area contributed by atoms with Gasteiger partial charge in [-0.3, -0.25) is 4.79 Å². The second-order valence-corrected chi connectivity index (χ2v) is 6.46. The Hall–Kier alpha value is -1.51. The maximum Gasteiger partial charge on any atom is 0.228 e. The van der Waals surface area contributed by atoms with Gasteiger partial charge >= 0.3 is 0 Å². The highest BCUT2D eigenvalue weighted by Crippen LogP contribution is 2.68. The van der Waals surface area contributed by atoms with Crippen molar-refractivity contribution in [3.63, 3.8) is 0 Å². The van der Waals surface area contributed by atoms with Gasteiger partial charge in [-0.25, -0.2) is 0 Å². The van der Waals surface area contributed by atoms with E-state index in [1.165, 1.54) is 0 Å². The molecule has 0 atom stereocenters. The fraction of sp³-hybridized carbons (Fsp3) is 0.533. The van der Waals surface area contributed by atoms with Crippen molar-refractivity contribution in [2.75, 3.05) is 11.1 Å². The molecule has 0 heterocycles. The number of amides is 1. The van der Waals surface area contributed by atoms with Gasteiger partial charge in [-0.05, 0) is 35.4 Å². The summed E-state index contributed by atoms with van der Waals surface area (Å²) in [6.45, 7) is 10.5. The molecule has 98 valence electrons. The Morgan fingerprint density at radius 3 is 2.28 bits per heavy atom. The number of benzene rings is 1. The number of nitrogen functional groups attached to an aromatic ring is 1. The average Bonchev–Trinajstić information content (AvgIpc) is 2.63. The third-order valence-electron chi connectivity index (χ3n) is 4.75. The van der Waals surface area contributed by atoms with Gasteiger partial charge in [-0.2, -0.15) is 0 Å². The number of aryl methyl sites for hydroxylation is 1. The van der Waals surface area contributed by atoms with Gasteiger partial charge in [-0.1, -0.05) is 33.8 Å². The Morgan fingerprint density at radius 1 is 1.22 bits per heavy atom. The number of nitrogens with one attached hydrogen (secondary N) is 1. The molecule has 0 radical (unpaired) electrons. The van der Waals surface area contributed by atoms with E-state index in [9.17, 15) is 4.79 Å². The Balaban J connectivity index is 2.17. The number of nitrogens with two attached hydrogens (primary N) is 1. The highest BCUT2D eigenvalue weighted by Gasteiger charge is 2.68. The minimum absolute atomic E-state index is 0.0462. The van der Waals surface area contributed by atoms with Crippen LogP contribution in [0.15, 0.2) is 18.2 Å². The van der Waals surface area contributed by atoms with Crippen LogP contribution in [0.1, 0.15) is 33.3 Å². The maximum absolute atomic E-state index is 12.3. The maximum atomic E-state index is 12.3. The molecule has 3 heteroatoms. The standard InChI is InChI=1S/C15H22N2O/c1-9-6-7-10(16)11(8-9)17-13(18)12-14(2,3)15(12,4)5/h6-8,12H,16H2,1-5H3,(H,17,18). The third kappa shape index (κ3) is 1.78. The number of hydrogen-bond donors (Lipinski definition) is 2. The molecule has 0 saturated heterocycles. The van der Waals surface area contributed by atoms with Crippen molar-refractivity contribution < 1.29 is 4.79 Å². The third-order valence-corrected chi connectivity index (χ3v) is 4.75. The van der Waals surface area contributed by atoms with E-state index >= 15 is 0 Å². The minimum Gasteiger partial charge on any atom is -0.397 e. The summed E-state index contributed by atoms with van der Waals surface area (Å²) in [6.07, 6.45) is 0. The Kier molecular flexibility index (Phi) is 2.69. The highest BCUT2D eigenvalue weighted by atomic mass is 16.2. The van der Waals surface area contributed by atoms with Crippen LogP contribution in [-0.2, 0) is 4.79 Å². The molecule has 1 aromatic rings. The summed E-state index contributed by atoms with van der Waals surface area (Å²) in [7, 11) is 0. The fourth-order valence-corrected chi connectivity index (χ4v) is 2.84. The van der Waals surface area contributed by atoms with Gasteiger partial charge in [0, 0.05) is 5.92 Å². The summed E-state index contributed by atoms with van der Waals surface area (Å²) >= 11 is 0. The van der Waals surface area contributed by atoms with Crippen LogP contribution in [0, 0.1) is 23.7 Å². The summed E-state index contributed by atoms with van der Waals surface area (Å²) < 4.78 is 0. The van der Waals surface area contributed by atoms with Gasteiger partial charge < -0.3 is 11.1 Å². The topological polar surface area (TPSA) is 55.1 Å². The normalized spacial score (nSPS) is 20.5. The highest BCUT2D eigenvalue weighted by molar-refractivity contribution is 5.98. The number of hydrogen-bond acceptors (Lipinski definition) is 2. The van der Waals surface area contributed by atoms with Crippen molar-refractivity contribution in [1.29, 1.82) is 0 Å². The number of anilines is 2. The molecule has 1 saturated carbocycles. The van der Waals surface area contributed by atoms with Crippen molar-refractivity contribution in [2.45, 2.75) is 34.6 Å². The minimum atomic E-state index is 0.0462. The average molecular weight is 246 g/mol. The molecular formula is C15H22N2O. The van der Waals surface area contributed by atoms with Gasteiger partial charge in [0.2, 0.25) is 5.91 Å². The van der Waals surface area contributed by atoms with Crippen molar-refractivity contribution >= 4 is 17.3 Å². The van der Waals surface area contributed by atoms with Gasteiger partial charge in [0.25, 0.3) is 0 Å². The summed E-state index contributed by atoms with van der Waals surface area (Å²) in [4.78, 5) is 12.3. The van der Waals surface area contributed by atoms with E-state index in [1.807, 2.05) is 25.1 Å². The number of carbonyl (C=O) groups is 1. The van der Waals surface area contributed by atoms with Crippen molar-refractivity contribution in [1.82, 2.24) is 0 Å². The fourth-order valence-electron chi connectivity index (χ4n) is 2.84. The smallest absolute Gasteiger partial charge is 0.228 e. The molecule has 1 aliphatic rings. The Morgan fingerprint density at radius 2 is 1.78 bits per heavy atom. The summed E-state index contributed by atoms with van der Waals surface area (Å²) in [6, 6.07) is 5.68. The van der Waals surface area contributed by atoms with E-state index in [-0.39, 0.29) is 22.7 Å². The summed E-state index contributed by atoms with van der Waals surface area (Å²) in [5, 5.41) is 2.96.